The van der Waals surface area contributed by atoms with Gasteiger partial charge in [0.15, 0.2) is 0 Å². The third-order valence-corrected chi connectivity index (χ3v) is 14.9. The summed E-state index contributed by atoms with van der Waals surface area (Å²) in [6, 6.07) is 20.3. The smallest absolute Gasteiger partial charge is 0.744 e. The molecule has 0 fully saturated rings. The number of aromatic nitrogens is 11. The quantitative estimate of drug-likeness (QED) is 0.0945. The first kappa shape index (κ1) is 58.1. The van der Waals surface area contributed by atoms with Crippen LogP contribution in [0.1, 0.15) is 0 Å². The van der Waals surface area contributed by atoms with Crippen LogP contribution in [0.5, 0.6) is 0 Å². The number of fused-ring (bicyclic) bond motifs is 20. The first-order chi connectivity index (χ1) is 33.6. The standard InChI is InChI=1S/C41H23ClN14O11S4.Cu.3Na/c42-39-53-40(43)55-41(54-39)44-17-5-1-6-18(15-17)56-68(57,58)19-13-14-20-24(16-19)35-45-31(20)47-36-30-23(9-4-12-27(30)71(65,66)67)34(50-36)51-37-28-21(7-2-10-25(28)69(59,60)61)32(48-37)46-33-22-8-3-11-26(70(62,63)64)29(22)38(49-33)52-35;;;;/h1-16,56H,(H6-2,43,44,45,46,47,48,49,50,51,52,53,54,55,59,60,61,62,63,64,65,66,67);;;;/q-2;+2;3*+1/p-3. The van der Waals surface area contributed by atoms with Crippen LogP contribution in [0.25, 0.3) is 89.7 Å². The second-order valence-electron chi connectivity index (χ2n) is 15.2. The summed E-state index contributed by atoms with van der Waals surface area (Å²) in [5.74, 6) is -1.66. The van der Waals surface area contributed by atoms with Crippen molar-refractivity contribution < 1.29 is 153 Å². The van der Waals surface area contributed by atoms with Crippen molar-refractivity contribution in [2.75, 3.05) is 15.8 Å². The van der Waals surface area contributed by atoms with Crippen LogP contribution in [0, 0.1) is 0 Å². The Labute approximate surface area is 504 Å². The fourth-order valence-corrected chi connectivity index (χ4v) is 11.2. The summed E-state index contributed by atoms with van der Waals surface area (Å²) in [6.45, 7) is 0. The fourth-order valence-electron chi connectivity index (χ4n) is 7.90. The average molecular weight is 1180 g/mol. The second-order valence-corrected chi connectivity index (χ2v) is 21.3. The summed E-state index contributed by atoms with van der Waals surface area (Å²) in [5.41, 5.74) is 3.97. The van der Waals surface area contributed by atoms with Gasteiger partial charge in [0.05, 0.1) is 48.6 Å². The van der Waals surface area contributed by atoms with Crippen LogP contribution < -0.4 is 114 Å². The van der Waals surface area contributed by atoms with Crippen LogP contribution in [0.4, 0.5) is 23.3 Å². The maximum Gasteiger partial charge on any atom is 2.00 e. The Bertz CT molecular complexity index is 4530. The van der Waals surface area contributed by atoms with Gasteiger partial charge >= 0.3 is 106 Å². The van der Waals surface area contributed by atoms with Crippen LogP contribution in [-0.4, -0.2) is 92.2 Å². The molecule has 25 nitrogen and oxygen atoms in total. The number of nitrogen functional groups attached to an aromatic ring is 1. The van der Waals surface area contributed by atoms with Crippen molar-refractivity contribution in [3.8, 4) is 45.6 Å². The third-order valence-electron chi connectivity index (χ3n) is 10.8. The second kappa shape index (κ2) is 21.3. The Morgan fingerprint density at radius 3 is 1.57 bits per heavy atom. The van der Waals surface area contributed by atoms with E-state index in [2.05, 4.69) is 64.9 Å². The van der Waals surface area contributed by atoms with Gasteiger partial charge in [-0.05, 0) is 70.9 Å². The Balaban J connectivity index is 0.00000205. The van der Waals surface area contributed by atoms with Gasteiger partial charge in [0.2, 0.25) is 17.2 Å². The van der Waals surface area contributed by atoms with E-state index in [1.165, 1.54) is 66.7 Å². The predicted molar refractivity (Wildman–Crippen MR) is 248 cm³/mol. The number of sulfonamides is 1. The molecule has 0 spiro atoms. The number of benzene rings is 5. The molecule has 6 heterocycles. The number of nitrogens with two attached hydrogens (primary N) is 1. The molecular weight excluding hydrogens is 1160 g/mol. The SMILES string of the molecule is Nc1nc(Cl)nc(Nc2cccc(NS(=O)(=O)c3ccc4c(c3)-c3nc-4nc4[n-]c(nc5nc(nc6[n-]c(n3)c3c(S(=O)(=O)[O-])cccc63)-c3cccc(S(=O)(=O)[O-])c3-5)c3cccc(S(=O)(=O)[O-])c43)c2)n1.[Cu+2].[Na+].[Na+].[Na+]. The molecule has 5 aromatic carbocycles. The van der Waals surface area contributed by atoms with Gasteiger partial charge < -0.3 is 54.6 Å². The van der Waals surface area contributed by atoms with Crippen molar-refractivity contribution in [3.63, 3.8) is 0 Å². The van der Waals surface area contributed by atoms with Gasteiger partial charge in [-0.15, -0.1) is 0 Å². The molecular formula is C41H20ClCuN14Na3O11S4. The zero-order chi connectivity index (χ0) is 49.9. The Hall–Kier alpha value is -4.64. The summed E-state index contributed by atoms with van der Waals surface area (Å²) in [5, 5.41) is 1.77. The number of nitrogens with one attached hydrogen (secondary N) is 2. The molecule has 11 rings (SSSR count). The zero-order valence-electron chi connectivity index (χ0n) is 38.0. The van der Waals surface area contributed by atoms with E-state index < -0.39 is 72.2 Å². The molecule has 0 aliphatic carbocycles. The molecule has 2 aliphatic heterocycles. The summed E-state index contributed by atoms with van der Waals surface area (Å²) in [6.07, 6.45) is 0. The predicted octanol–water partition coefficient (Wildman–Crippen LogP) is -5.19. The van der Waals surface area contributed by atoms with E-state index in [1.807, 2.05) is 0 Å². The molecule has 75 heavy (non-hydrogen) atoms. The van der Waals surface area contributed by atoms with E-state index in [0.717, 1.165) is 24.3 Å². The molecule has 1 radical (unpaired) electrons. The number of hydrogen-bond acceptors (Lipinski definition) is 22. The van der Waals surface area contributed by atoms with Crippen LogP contribution in [-0.2, 0) is 57.4 Å². The van der Waals surface area contributed by atoms with Gasteiger partial charge in [0, 0.05) is 61.3 Å². The van der Waals surface area contributed by atoms with Gasteiger partial charge in [-0.1, -0.05) is 48.5 Å². The summed E-state index contributed by atoms with van der Waals surface area (Å²) >= 11 is 5.90. The first-order valence-corrected chi connectivity index (χ1v) is 25.9. The topological polar surface area (TPSA) is 400 Å². The van der Waals surface area contributed by atoms with Gasteiger partial charge in [-0.2, -0.15) is 15.0 Å². The van der Waals surface area contributed by atoms with E-state index in [-0.39, 0.29) is 206 Å². The Morgan fingerprint density at radius 1 is 0.493 bits per heavy atom. The van der Waals surface area contributed by atoms with Crippen LogP contribution in [0.3, 0.4) is 0 Å². The normalized spacial score (nSPS) is 12.1. The van der Waals surface area contributed by atoms with Gasteiger partial charge in [-0.25, -0.2) is 43.6 Å². The monoisotopic (exact) mass is 1180 g/mol. The zero-order valence-corrected chi connectivity index (χ0v) is 49.0. The third kappa shape index (κ3) is 11.0. The summed E-state index contributed by atoms with van der Waals surface area (Å²) < 4.78 is 146. The van der Waals surface area contributed by atoms with Crippen molar-refractivity contribution in [2.45, 2.75) is 19.6 Å². The van der Waals surface area contributed by atoms with E-state index >= 15 is 0 Å². The van der Waals surface area contributed by atoms with Gasteiger partial charge in [0.25, 0.3) is 10.0 Å². The van der Waals surface area contributed by atoms with Crippen LogP contribution >= 0.6 is 11.6 Å². The minimum Gasteiger partial charge on any atom is -0.744 e. The molecule has 365 valence electrons. The molecule has 9 aromatic rings. The van der Waals surface area contributed by atoms with E-state index in [0.29, 0.717) is 5.69 Å². The van der Waals surface area contributed by atoms with Crippen LogP contribution in [0.15, 0.2) is 117 Å². The number of anilines is 4. The van der Waals surface area contributed by atoms with Crippen molar-refractivity contribution in [1.29, 1.82) is 0 Å². The van der Waals surface area contributed by atoms with Crippen LogP contribution in [0.2, 0.25) is 5.28 Å². The largest absolute Gasteiger partial charge is 2.00 e. The molecule has 0 saturated carbocycles. The number of hydrogen-bond donors (Lipinski definition) is 3. The molecule has 4 N–H and O–H groups in total. The molecule has 8 bridgehead atoms. The maximum absolute atomic E-state index is 14.2. The molecule has 34 heteroatoms. The van der Waals surface area contributed by atoms with Crippen molar-refractivity contribution in [2.24, 2.45) is 0 Å². The van der Waals surface area contributed by atoms with E-state index in [4.69, 9.17) is 17.3 Å². The summed E-state index contributed by atoms with van der Waals surface area (Å²) in [4.78, 5) is 44.9. The first-order valence-electron chi connectivity index (χ1n) is 19.8. The minimum atomic E-state index is -5.30. The van der Waals surface area contributed by atoms with E-state index in [9.17, 15) is 47.3 Å². The average Bonchev–Trinajstić information content (AvgIpc) is 4.03. The van der Waals surface area contributed by atoms with Crippen molar-refractivity contribution in [1.82, 2.24) is 54.8 Å². The van der Waals surface area contributed by atoms with Crippen molar-refractivity contribution in [3.05, 3.63) is 102 Å². The number of rotatable bonds is 8. The molecule has 0 unspecified atom stereocenters. The molecule has 0 amide bonds. The Morgan fingerprint density at radius 2 is 0.987 bits per heavy atom. The molecule has 0 atom stereocenters. The van der Waals surface area contributed by atoms with Crippen molar-refractivity contribution >= 4 is 119 Å². The van der Waals surface area contributed by atoms with Gasteiger partial charge in [-0.3, -0.25) is 4.72 Å². The summed E-state index contributed by atoms with van der Waals surface area (Å²) in [7, 11) is -20.4. The molecule has 2 aliphatic rings. The van der Waals surface area contributed by atoms with Gasteiger partial charge in [0.1, 0.15) is 30.4 Å². The minimum absolute atomic E-state index is 0. The Kier molecular flexibility index (Phi) is 16.5. The molecule has 0 saturated heterocycles. The maximum atomic E-state index is 14.2. The number of halogens is 1. The van der Waals surface area contributed by atoms with E-state index in [1.54, 1.807) is 6.07 Å². The molecule has 4 aromatic heterocycles. The number of nitrogens with zero attached hydrogens (tertiary/aromatic N) is 11. The fraction of sp³-hybridized carbons (Fsp3) is 0.